The Kier molecular flexibility index (Phi) is 4.48. The summed E-state index contributed by atoms with van der Waals surface area (Å²) in [4.78, 5) is 0.113. The fraction of sp³-hybridized carbons (Fsp3) is 0.500. The van der Waals surface area contributed by atoms with Gasteiger partial charge in [-0.15, -0.1) is 0 Å². The summed E-state index contributed by atoms with van der Waals surface area (Å²) in [5.74, 6) is 0.318. The zero-order valence-corrected chi connectivity index (χ0v) is 12.0. The lowest BCUT2D eigenvalue weighted by molar-refractivity contribution is -0.0304. The highest BCUT2D eigenvalue weighted by molar-refractivity contribution is 7.89. The molecule has 0 saturated carbocycles. The molecule has 2 rings (SSSR count). The zero-order chi connectivity index (χ0) is 14.8. The van der Waals surface area contributed by atoms with E-state index in [0.717, 1.165) is 0 Å². The summed E-state index contributed by atoms with van der Waals surface area (Å²) in [7, 11) is -2.22. The van der Waals surface area contributed by atoms with Crippen LogP contribution >= 0.6 is 0 Å². The van der Waals surface area contributed by atoms with Crippen LogP contribution in [0.25, 0.3) is 0 Å². The van der Waals surface area contributed by atoms with Gasteiger partial charge in [0.25, 0.3) is 0 Å². The van der Waals surface area contributed by atoms with Crippen LogP contribution < -0.4 is 10.5 Å². The number of nitrogens with two attached hydrogens (primary N) is 1. The molecule has 1 saturated heterocycles. The molecule has 1 heterocycles. The third-order valence-corrected chi connectivity index (χ3v) is 5.01. The molecular formula is C12H18N2O5S. The van der Waals surface area contributed by atoms with Crippen molar-refractivity contribution in [3.05, 3.63) is 18.2 Å². The fourth-order valence-corrected chi connectivity index (χ4v) is 3.49. The number of nitrogen functional groups attached to an aromatic ring is 1. The van der Waals surface area contributed by atoms with Gasteiger partial charge in [0.2, 0.25) is 10.0 Å². The van der Waals surface area contributed by atoms with Gasteiger partial charge < -0.3 is 20.3 Å². The van der Waals surface area contributed by atoms with Crippen molar-refractivity contribution in [3.8, 4) is 5.75 Å². The number of aliphatic hydroxyl groups excluding tert-OH is 1. The van der Waals surface area contributed by atoms with Crippen LogP contribution in [0, 0.1) is 0 Å². The maximum atomic E-state index is 12.5. The molecule has 0 spiro atoms. The maximum Gasteiger partial charge on any atom is 0.243 e. The maximum absolute atomic E-state index is 12.5. The summed E-state index contributed by atoms with van der Waals surface area (Å²) >= 11 is 0. The Bertz CT molecular complexity index is 575. The Morgan fingerprint density at radius 3 is 2.95 bits per heavy atom. The summed E-state index contributed by atoms with van der Waals surface area (Å²) in [6.45, 7) is 0.435. The topological polar surface area (TPSA) is 102 Å². The average Bonchev–Trinajstić information content (AvgIpc) is 2.47. The minimum Gasteiger partial charge on any atom is -0.495 e. The molecule has 1 atom stereocenters. The minimum absolute atomic E-state index is 0.113. The number of morpholine rings is 1. The van der Waals surface area contributed by atoms with E-state index in [-0.39, 0.29) is 31.2 Å². The van der Waals surface area contributed by atoms with Crippen LogP contribution in [0.3, 0.4) is 0 Å². The van der Waals surface area contributed by atoms with Gasteiger partial charge in [-0.25, -0.2) is 8.42 Å². The van der Waals surface area contributed by atoms with Crippen molar-refractivity contribution in [3.63, 3.8) is 0 Å². The van der Waals surface area contributed by atoms with Crippen molar-refractivity contribution in [1.82, 2.24) is 4.31 Å². The quantitative estimate of drug-likeness (QED) is 0.738. The first-order valence-corrected chi connectivity index (χ1v) is 7.59. The second kappa shape index (κ2) is 5.96. The Balaban J connectivity index is 2.30. The number of hydrogen-bond acceptors (Lipinski definition) is 6. The van der Waals surface area contributed by atoms with E-state index in [1.807, 2.05) is 0 Å². The third-order valence-electron chi connectivity index (χ3n) is 3.15. The smallest absolute Gasteiger partial charge is 0.243 e. The van der Waals surface area contributed by atoms with Gasteiger partial charge in [0.1, 0.15) is 5.75 Å². The van der Waals surface area contributed by atoms with E-state index < -0.39 is 16.1 Å². The molecule has 8 heteroatoms. The van der Waals surface area contributed by atoms with E-state index in [1.165, 1.54) is 29.6 Å². The first-order valence-electron chi connectivity index (χ1n) is 6.15. The number of benzene rings is 1. The van der Waals surface area contributed by atoms with Crippen molar-refractivity contribution >= 4 is 15.7 Å². The number of methoxy groups -OCH3 is 1. The molecule has 0 bridgehead atoms. The number of ether oxygens (including phenoxy) is 2. The second-order valence-corrected chi connectivity index (χ2v) is 6.38. The molecule has 1 aliphatic rings. The van der Waals surface area contributed by atoms with Gasteiger partial charge in [0.15, 0.2) is 0 Å². The number of nitrogens with zero attached hydrogens (tertiary/aromatic N) is 1. The highest BCUT2D eigenvalue weighted by Crippen LogP contribution is 2.27. The molecule has 0 aromatic heterocycles. The Morgan fingerprint density at radius 2 is 2.30 bits per heavy atom. The van der Waals surface area contributed by atoms with E-state index in [1.54, 1.807) is 0 Å². The predicted molar refractivity (Wildman–Crippen MR) is 73.0 cm³/mol. The number of rotatable bonds is 4. The van der Waals surface area contributed by atoms with Crippen LogP contribution in [-0.2, 0) is 14.8 Å². The normalized spacial score (nSPS) is 20.8. The van der Waals surface area contributed by atoms with Gasteiger partial charge in [-0.2, -0.15) is 4.31 Å². The Morgan fingerprint density at radius 1 is 1.55 bits per heavy atom. The van der Waals surface area contributed by atoms with Crippen LogP contribution in [0.4, 0.5) is 5.69 Å². The van der Waals surface area contributed by atoms with Crippen LogP contribution in [0.1, 0.15) is 0 Å². The van der Waals surface area contributed by atoms with E-state index >= 15 is 0 Å². The van der Waals surface area contributed by atoms with Crippen LogP contribution in [0.2, 0.25) is 0 Å². The molecule has 0 radical (unpaired) electrons. The fourth-order valence-electron chi connectivity index (χ4n) is 2.02. The molecule has 7 nitrogen and oxygen atoms in total. The Labute approximate surface area is 117 Å². The van der Waals surface area contributed by atoms with Crippen LogP contribution in [0.5, 0.6) is 5.75 Å². The van der Waals surface area contributed by atoms with Gasteiger partial charge >= 0.3 is 0 Å². The SMILES string of the molecule is COc1cc(S(=O)(=O)N2CCOC(CO)C2)ccc1N. The van der Waals surface area contributed by atoms with Crippen molar-refractivity contribution < 1.29 is 23.0 Å². The summed E-state index contributed by atoms with van der Waals surface area (Å²) < 4.78 is 36.6. The lowest BCUT2D eigenvalue weighted by Gasteiger charge is -2.31. The van der Waals surface area contributed by atoms with E-state index in [2.05, 4.69) is 0 Å². The lowest BCUT2D eigenvalue weighted by atomic mass is 10.3. The van der Waals surface area contributed by atoms with Crippen molar-refractivity contribution in [2.75, 3.05) is 39.1 Å². The molecule has 3 N–H and O–H groups in total. The standard InChI is InChI=1S/C12H18N2O5S/c1-18-12-6-10(2-3-11(12)13)20(16,17)14-4-5-19-9(7-14)8-15/h2-3,6,9,15H,4-5,7-8,13H2,1H3. The first kappa shape index (κ1) is 15.0. The molecular weight excluding hydrogens is 284 g/mol. The number of sulfonamides is 1. The van der Waals surface area contributed by atoms with Gasteiger partial charge in [-0.3, -0.25) is 0 Å². The molecule has 1 aromatic rings. The number of hydrogen-bond donors (Lipinski definition) is 2. The Hall–Kier alpha value is -1.35. The summed E-state index contributed by atoms with van der Waals surface area (Å²) in [5.41, 5.74) is 6.06. The van der Waals surface area contributed by atoms with Crippen molar-refractivity contribution in [2.24, 2.45) is 0 Å². The van der Waals surface area contributed by atoms with Crippen LogP contribution in [-0.4, -0.2) is 57.3 Å². The van der Waals surface area contributed by atoms with Gasteiger partial charge in [0.05, 0.1) is 37.0 Å². The minimum atomic E-state index is -3.65. The van der Waals surface area contributed by atoms with E-state index in [0.29, 0.717) is 11.4 Å². The van der Waals surface area contributed by atoms with Gasteiger partial charge in [-0.05, 0) is 12.1 Å². The van der Waals surface area contributed by atoms with Crippen LogP contribution in [0.15, 0.2) is 23.1 Å². The second-order valence-electron chi connectivity index (χ2n) is 4.44. The summed E-state index contributed by atoms with van der Waals surface area (Å²) in [5, 5.41) is 9.08. The molecule has 0 amide bonds. The highest BCUT2D eigenvalue weighted by Gasteiger charge is 2.30. The predicted octanol–water partition coefficient (Wildman–Crippen LogP) is -0.341. The molecule has 20 heavy (non-hydrogen) atoms. The van der Waals surface area contributed by atoms with E-state index in [9.17, 15) is 8.42 Å². The lowest BCUT2D eigenvalue weighted by Crippen LogP contribution is -2.46. The summed E-state index contributed by atoms with van der Waals surface area (Å²) in [6, 6.07) is 4.33. The molecule has 1 aromatic carbocycles. The first-order chi connectivity index (χ1) is 9.48. The molecule has 112 valence electrons. The number of aliphatic hydroxyl groups is 1. The largest absolute Gasteiger partial charge is 0.495 e. The molecule has 1 aliphatic heterocycles. The number of anilines is 1. The third kappa shape index (κ3) is 2.88. The monoisotopic (exact) mass is 302 g/mol. The zero-order valence-electron chi connectivity index (χ0n) is 11.2. The van der Waals surface area contributed by atoms with E-state index in [4.69, 9.17) is 20.3 Å². The molecule has 0 aliphatic carbocycles. The van der Waals surface area contributed by atoms with Crippen molar-refractivity contribution in [2.45, 2.75) is 11.0 Å². The highest BCUT2D eigenvalue weighted by atomic mass is 32.2. The average molecular weight is 302 g/mol. The van der Waals surface area contributed by atoms with Crippen molar-refractivity contribution in [1.29, 1.82) is 0 Å². The summed E-state index contributed by atoms with van der Waals surface area (Å²) in [6.07, 6.45) is -0.491. The van der Waals surface area contributed by atoms with Gasteiger partial charge in [0, 0.05) is 19.2 Å². The van der Waals surface area contributed by atoms with Gasteiger partial charge in [-0.1, -0.05) is 0 Å². The molecule has 1 fully saturated rings. The molecule has 1 unspecified atom stereocenters.